The Labute approximate surface area is 251 Å². The van der Waals surface area contributed by atoms with Crippen LogP contribution >= 0.6 is 11.9 Å². The van der Waals surface area contributed by atoms with Crippen molar-refractivity contribution in [1.29, 1.82) is 0 Å². The minimum Gasteiger partial charge on any atom is -0.338 e. The van der Waals surface area contributed by atoms with Crippen molar-refractivity contribution in [2.24, 2.45) is 7.05 Å². The fourth-order valence-electron chi connectivity index (χ4n) is 4.61. The third-order valence-corrected chi connectivity index (χ3v) is 7.80. The number of fused-ring (bicyclic) bond motifs is 1. The van der Waals surface area contributed by atoms with E-state index in [1.807, 2.05) is 62.8 Å². The number of anilines is 1. The van der Waals surface area contributed by atoms with Gasteiger partial charge < -0.3 is 9.88 Å². The van der Waals surface area contributed by atoms with Gasteiger partial charge in [-0.1, -0.05) is 39.0 Å². The van der Waals surface area contributed by atoms with Gasteiger partial charge in [-0.3, -0.25) is 9.52 Å². The summed E-state index contributed by atoms with van der Waals surface area (Å²) in [5.74, 6) is -1.12. The van der Waals surface area contributed by atoms with Crippen LogP contribution in [0.15, 0.2) is 78.0 Å². The standard InChI is InChI=1S/C26H25F3N2OS.C5H8N2.C2H6/c1-16(22-11-9-19(28)14-24(22)29)12-26(32)30-20-10-8-17-4-2-7-25(23(17)15-20)31-33-21-6-3-5-18(27)13-21;1-5-6-3-4-7(5)2;1-2/h3,5-6,8-11,13-16,25,31H,2,4,7,12H2,1H3,(H,30,32);3-4H,1-2H3;1-2H3/t16-,25?;;/m0../s1. The Hall–Kier alpha value is -3.56. The van der Waals surface area contributed by atoms with E-state index in [4.69, 9.17) is 0 Å². The zero-order chi connectivity index (χ0) is 30.6. The molecule has 0 aliphatic heterocycles. The molecule has 5 rings (SSSR count). The number of rotatable bonds is 7. The quantitative estimate of drug-likeness (QED) is 0.210. The molecule has 1 aliphatic carbocycles. The lowest BCUT2D eigenvalue weighted by molar-refractivity contribution is -0.116. The molecule has 0 spiro atoms. The van der Waals surface area contributed by atoms with Gasteiger partial charge in [0, 0.05) is 48.6 Å². The average Bonchev–Trinajstić information content (AvgIpc) is 3.35. The van der Waals surface area contributed by atoms with Gasteiger partial charge in [0.25, 0.3) is 0 Å². The first kappa shape index (κ1) is 32.9. The molecule has 9 heteroatoms. The number of nitrogens with zero attached hydrogens (tertiary/aromatic N) is 2. The summed E-state index contributed by atoms with van der Waals surface area (Å²) in [7, 11) is 1.97. The highest BCUT2D eigenvalue weighted by Crippen LogP contribution is 2.34. The van der Waals surface area contributed by atoms with Gasteiger partial charge in [-0.25, -0.2) is 18.2 Å². The summed E-state index contributed by atoms with van der Waals surface area (Å²) in [6, 6.07) is 15.8. The van der Waals surface area contributed by atoms with Gasteiger partial charge >= 0.3 is 0 Å². The van der Waals surface area contributed by atoms with Crippen molar-refractivity contribution < 1.29 is 18.0 Å². The highest BCUT2D eigenvalue weighted by atomic mass is 32.2. The molecule has 0 saturated heterocycles. The van der Waals surface area contributed by atoms with E-state index in [0.717, 1.165) is 41.6 Å². The second kappa shape index (κ2) is 16.2. The normalized spacial score (nSPS) is 14.4. The predicted octanol–water partition coefficient (Wildman–Crippen LogP) is 8.67. The first-order chi connectivity index (χ1) is 20.2. The van der Waals surface area contributed by atoms with E-state index in [-0.39, 0.29) is 30.1 Å². The number of hydrogen-bond acceptors (Lipinski definition) is 4. The number of aromatic nitrogens is 2. The lowest BCUT2D eigenvalue weighted by Gasteiger charge is -2.27. The topological polar surface area (TPSA) is 59.0 Å². The molecule has 1 heterocycles. The summed E-state index contributed by atoms with van der Waals surface area (Å²) in [6.45, 7) is 7.71. The summed E-state index contributed by atoms with van der Waals surface area (Å²) in [4.78, 5) is 17.4. The molecule has 1 amide bonds. The SMILES string of the molecule is CC.C[C@@H](CC(=O)Nc1ccc2c(c1)C(NSc1cccc(F)c1)CCC2)c1ccc(F)cc1F.Cc1nccn1C. The summed E-state index contributed by atoms with van der Waals surface area (Å²) in [5.41, 5.74) is 3.32. The van der Waals surface area contributed by atoms with Crippen molar-refractivity contribution in [2.45, 2.75) is 70.2 Å². The third kappa shape index (κ3) is 9.49. The maximum Gasteiger partial charge on any atom is 0.224 e. The van der Waals surface area contributed by atoms with E-state index in [1.165, 1.54) is 41.8 Å². The fourth-order valence-corrected chi connectivity index (χ4v) is 5.45. The summed E-state index contributed by atoms with van der Waals surface area (Å²) < 4.78 is 46.1. The van der Waals surface area contributed by atoms with Crippen LogP contribution in [-0.2, 0) is 18.3 Å². The third-order valence-electron chi connectivity index (χ3n) is 6.91. The number of carbonyl (C=O) groups excluding carboxylic acids is 1. The Kier molecular flexibility index (Phi) is 12.7. The van der Waals surface area contributed by atoms with E-state index in [9.17, 15) is 18.0 Å². The van der Waals surface area contributed by atoms with Gasteiger partial charge in [-0.2, -0.15) is 0 Å². The van der Waals surface area contributed by atoms with Crippen molar-refractivity contribution >= 4 is 23.5 Å². The van der Waals surface area contributed by atoms with E-state index in [1.54, 1.807) is 19.2 Å². The first-order valence-electron chi connectivity index (χ1n) is 14.2. The zero-order valence-corrected chi connectivity index (χ0v) is 25.6. The van der Waals surface area contributed by atoms with Crippen molar-refractivity contribution in [3.63, 3.8) is 0 Å². The number of imidazole rings is 1. The summed E-state index contributed by atoms with van der Waals surface area (Å²) in [6.07, 6.45) is 6.74. The van der Waals surface area contributed by atoms with Gasteiger partial charge in [0.15, 0.2) is 0 Å². The Morgan fingerprint density at radius 1 is 1.07 bits per heavy atom. The predicted molar refractivity (Wildman–Crippen MR) is 165 cm³/mol. The fraction of sp³-hybridized carbons (Fsp3) is 0.333. The maximum absolute atomic E-state index is 14.0. The van der Waals surface area contributed by atoms with Crippen LogP contribution in [0.2, 0.25) is 0 Å². The lowest BCUT2D eigenvalue weighted by atomic mass is 9.88. The first-order valence-corrected chi connectivity index (χ1v) is 15.0. The number of hydrogen-bond donors (Lipinski definition) is 2. The van der Waals surface area contributed by atoms with Crippen LogP contribution in [0.1, 0.15) is 74.5 Å². The number of carbonyl (C=O) groups is 1. The van der Waals surface area contributed by atoms with Gasteiger partial charge in [0.1, 0.15) is 23.3 Å². The van der Waals surface area contributed by atoms with Crippen molar-refractivity contribution in [3.05, 3.63) is 113 Å². The van der Waals surface area contributed by atoms with Crippen LogP contribution in [0.4, 0.5) is 18.9 Å². The molecule has 2 N–H and O–H groups in total. The smallest absolute Gasteiger partial charge is 0.224 e. The van der Waals surface area contributed by atoms with Gasteiger partial charge in [-0.05, 0) is 97.1 Å². The van der Waals surface area contributed by atoms with Crippen molar-refractivity contribution in [2.75, 3.05) is 5.32 Å². The van der Waals surface area contributed by atoms with Crippen LogP contribution in [0.5, 0.6) is 0 Å². The monoisotopic (exact) mass is 596 g/mol. The molecule has 0 radical (unpaired) electrons. The van der Waals surface area contributed by atoms with E-state index < -0.39 is 11.6 Å². The highest BCUT2D eigenvalue weighted by Gasteiger charge is 2.22. The molecule has 3 aromatic carbocycles. The molecule has 0 saturated carbocycles. The van der Waals surface area contributed by atoms with Crippen LogP contribution in [0, 0.1) is 24.4 Å². The number of amides is 1. The molecular weight excluding hydrogens is 557 g/mol. The molecule has 1 aliphatic rings. The largest absolute Gasteiger partial charge is 0.338 e. The van der Waals surface area contributed by atoms with Crippen molar-refractivity contribution in [1.82, 2.24) is 14.3 Å². The molecule has 1 aromatic heterocycles. The molecule has 5 nitrogen and oxygen atoms in total. The van der Waals surface area contributed by atoms with Crippen LogP contribution in [0.25, 0.3) is 0 Å². The number of aryl methyl sites for hydroxylation is 3. The van der Waals surface area contributed by atoms with E-state index in [2.05, 4.69) is 15.0 Å². The van der Waals surface area contributed by atoms with Crippen LogP contribution in [-0.4, -0.2) is 15.5 Å². The number of nitrogens with one attached hydrogen (secondary N) is 2. The Morgan fingerprint density at radius 3 is 2.48 bits per heavy atom. The minimum absolute atomic E-state index is 0.0751. The summed E-state index contributed by atoms with van der Waals surface area (Å²) in [5, 5.41) is 2.91. The maximum atomic E-state index is 14.0. The Balaban J connectivity index is 0.000000465. The number of benzene rings is 3. The lowest BCUT2D eigenvalue weighted by Crippen LogP contribution is -2.21. The number of halogens is 3. The highest BCUT2D eigenvalue weighted by molar-refractivity contribution is 7.97. The molecule has 0 bridgehead atoms. The molecule has 1 unspecified atom stereocenters. The molecule has 0 fully saturated rings. The van der Waals surface area contributed by atoms with Crippen LogP contribution in [0.3, 0.4) is 0 Å². The Morgan fingerprint density at radius 2 is 1.83 bits per heavy atom. The average molecular weight is 597 g/mol. The Bertz CT molecular complexity index is 1440. The van der Waals surface area contributed by atoms with Gasteiger partial charge in [0.2, 0.25) is 5.91 Å². The molecule has 2 atom stereocenters. The second-order valence-corrected chi connectivity index (χ2v) is 10.9. The summed E-state index contributed by atoms with van der Waals surface area (Å²) >= 11 is 1.39. The second-order valence-electron chi connectivity index (χ2n) is 9.94. The zero-order valence-electron chi connectivity index (χ0n) is 24.8. The van der Waals surface area contributed by atoms with Gasteiger partial charge in [-0.15, -0.1) is 0 Å². The van der Waals surface area contributed by atoms with Gasteiger partial charge in [0.05, 0.1) is 0 Å². The molecule has 4 aromatic rings. The molecule has 224 valence electrons. The van der Waals surface area contributed by atoms with Crippen molar-refractivity contribution in [3.8, 4) is 0 Å². The molecular formula is C33H39F3N4OS. The van der Waals surface area contributed by atoms with E-state index >= 15 is 0 Å². The van der Waals surface area contributed by atoms with Crippen LogP contribution < -0.4 is 10.0 Å². The van der Waals surface area contributed by atoms with E-state index in [0.29, 0.717) is 11.3 Å². The molecule has 42 heavy (non-hydrogen) atoms. The minimum atomic E-state index is -0.645.